The number of hydrogen-bond acceptors (Lipinski definition) is 4. The Morgan fingerprint density at radius 2 is 2.00 bits per heavy atom. The van der Waals surface area contributed by atoms with Crippen molar-refractivity contribution in [3.8, 4) is 0 Å². The Balaban J connectivity index is 2.13. The van der Waals surface area contributed by atoms with E-state index in [4.69, 9.17) is 0 Å². The number of hydrogen-bond donors (Lipinski definition) is 2. The molecule has 1 aliphatic rings. The van der Waals surface area contributed by atoms with Gasteiger partial charge in [0.05, 0.1) is 0 Å². The van der Waals surface area contributed by atoms with E-state index < -0.39 is 11.9 Å². The Morgan fingerprint density at radius 1 is 1.26 bits per heavy atom. The van der Waals surface area contributed by atoms with Gasteiger partial charge in [0.25, 0.3) is 0 Å². The molecular weight excluding hydrogens is 257 g/mol. The van der Waals surface area contributed by atoms with Crippen molar-refractivity contribution in [2.24, 2.45) is 5.92 Å². The van der Waals surface area contributed by atoms with Crippen molar-refractivity contribution in [1.29, 1.82) is 0 Å². The molecule has 19 heavy (non-hydrogen) atoms. The molecule has 0 aromatic carbocycles. The van der Waals surface area contributed by atoms with Gasteiger partial charge in [0.2, 0.25) is 5.95 Å². The lowest BCUT2D eigenvalue weighted by molar-refractivity contribution is -0.141. The molecule has 0 unspecified atom stereocenters. The second-order valence-electron chi connectivity index (χ2n) is 4.67. The highest BCUT2D eigenvalue weighted by Crippen LogP contribution is 2.30. The van der Waals surface area contributed by atoms with Gasteiger partial charge in [0, 0.05) is 19.2 Å². The highest BCUT2D eigenvalue weighted by Gasteiger charge is 2.33. The molecule has 0 amide bonds. The van der Waals surface area contributed by atoms with Crippen molar-refractivity contribution in [1.82, 2.24) is 9.97 Å². The van der Waals surface area contributed by atoms with Gasteiger partial charge in [-0.05, 0) is 25.7 Å². The van der Waals surface area contributed by atoms with Crippen LogP contribution in [0.25, 0.3) is 0 Å². The molecule has 7 heteroatoms. The molecule has 0 saturated heterocycles. The van der Waals surface area contributed by atoms with Crippen LogP contribution in [0.2, 0.25) is 0 Å². The fourth-order valence-electron chi connectivity index (χ4n) is 1.87. The third kappa shape index (κ3) is 3.71. The zero-order chi connectivity index (χ0) is 13.9. The molecule has 0 bridgehead atoms. The van der Waals surface area contributed by atoms with E-state index in [1.807, 2.05) is 0 Å². The normalized spacial score (nSPS) is 16.0. The van der Waals surface area contributed by atoms with Gasteiger partial charge in [-0.3, -0.25) is 0 Å². The van der Waals surface area contributed by atoms with E-state index in [0.29, 0.717) is 19.0 Å². The Labute approximate surface area is 109 Å². The van der Waals surface area contributed by atoms with Crippen LogP contribution < -0.4 is 10.6 Å². The first kappa shape index (κ1) is 13.9. The maximum atomic E-state index is 12.7. The Hall–Kier alpha value is -1.53. The molecule has 1 fully saturated rings. The van der Waals surface area contributed by atoms with Crippen molar-refractivity contribution in [3.05, 3.63) is 11.8 Å². The highest BCUT2D eigenvalue weighted by molar-refractivity contribution is 5.43. The van der Waals surface area contributed by atoms with Crippen LogP contribution in [0.15, 0.2) is 6.07 Å². The summed E-state index contributed by atoms with van der Waals surface area (Å²) in [7, 11) is 0. The number of nitrogens with zero attached hydrogens (tertiary/aromatic N) is 2. The Kier molecular flexibility index (Phi) is 4.11. The molecule has 1 aromatic heterocycles. The van der Waals surface area contributed by atoms with Crippen LogP contribution >= 0.6 is 0 Å². The van der Waals surface area contributed by atoms with Crippen molar-refractivity contribution in [2.45, 2.75) is 32.4 Å². The summed E-state index contributed by atoms with van der Waals surface area (Å²) in [5, 5.41) is 5.68. The van der Waals surface area contributed by atoms with Crippen LogP contribution in [0.4, 0.5) is 24.9 Å². The predicted octanol–water partition coefficient (Wildman–Crippen LogP) is 3.14. The van der Waals surface area contributed by atoms with Gasteiger partial charge in [-0.1, -0.05) is 6.42 Å². The summed E-state index contributed by atoms with van der Waals surface area (Å²) in [6, 6.07) is 0.958. The van der Waals surface area contributed by atoms with E-state index in [9.17, 15) is 13.2 Å². The average Bonchev–Trinajstić information content (AvgIpc) is 2.26. The van der Waals surface area contributed by atoms with E-state index >= 15 is 0 Å². The Morgan fingerprint density at radius 3 is 2.53 bits per heavy atom. The predicted molar refractivity (Wildman–Crippen MR) is 67.0 cm³/mol. The largest absolute Gasteiger partial charge is 0.433 e. The van der Waals surface area contributed by atoms with Gasteiger partial charge in [-0.15, -0.1) is 0 Å². The molecule has 106 valence electrons. The van der Waals surface area contributed by atoms with Crippen molar-refractivity contribution in [2.75, 3.05) is 23.7 Å². The van der Waals surface area contributed by atoms with E-state index in [2.05, 4.69) is 20.6 Å². The minimum atomic E-state index is -4.46. The summed E-state index contributed by atoms with van der Waals surface area (Å²) in [6.07, 6.45) is -0.999. The topological polar surface area (TPSA) is 49.8 Å². The second-order valence-corrected chi connectivity index (χ2v) is 4.67. The number of halogens is 3. The van der Waals surface area contributed by atoms with Crippen LogP contribution in [-0.4, -0.2) is 23.1 Å². The van der Waals surface area contributed by atoms with Gasteiger partial charge >= 0.3 is 6.18 Å². The summed E-state index contributed by atoms with van der Waals surface area (Å²) in [6.45, 7) is 2.92. The van der Waals surface area contributed by atoms with E-state index in [-0.39, 0.29) is 11.8 Å². The van der Waals surface area contributed by atoms with Gasteiger partial charge in [0.15, 0.2) is 5.69 Å². The summed E-state index contributed by atoms with van der Waals surface area (Å²) >= 11 is 0. The van der Waals surface area contributed by atoms with Crippen LogP contribution in [0, 0.1) is 5.92 Å². The average molecular weight is 274 g/mol. The zero-order valence-corrected chi connectivity index (χ0v) is 10.7. The third-order valence-electron chi connectivity index (χ3n) is 3.15. The lowest BCUT2D eigenvalue weighted by Gasteiger charge is -2.25. The smallest absolute Gasteiger partial charge is 0.370 e. The van der Waals surface area contributed by atoms with Gasteiger partial charge in [-0.25, -0.2) is 4.98 Å². The zero-order valence-electron chi connectivity index (χ0n) is 10.7. The minimum Gasteiger partial charge on any atom is -0.370 e. The lowest BCUT2D eigenvalue weighted by atomic mass is 9.85. The highest BCUT2D eigenvalue weighted by atomic mass is 19.4. The molecule has 2 N–H and O–H groups in total. The van der Waals surface area contributed by atoms with Crippen molar-refractivity contribution in [3.63, 3.8) is 0 Å². The molecular formula is C12H17F3N4. The number of rotatable bonds is 5. The van der Waals surface area contributed by atoms with Crippen LogP contribution in [0.5, 0.6) is 0 Å². The summed E-state index contributed by atoms with van der Waals surface area (Å²) < 4.78 is 38.2. The molecule has 0 atom stereocenters. The fourth-order valence-corrected chi connectivity index (χ4v) is 1.87. The summed E-state index contributed by atoms with van der Waals surface area (Å²) in [5.74, 6) is 0.783. The molecule has 0 radical (unpaired) electrons. The van der Waals surface area contributed by atoms with Gasteiger partial charge in [-0.2, -0.15) is 18.2 Å². The summed E-state index contributed by atoms with van der Waals surface area (Å²) in [4.78, 5) is 7.50. The van der Waals surface area contributed by atoms with Crippen molar-refractivity contribution >= 4 is 11.8 Å². The molecule has 2 rings (SSSR count). The monoisotopic (exact) mass is 274 g/mol. The maximum Gasteiger partial charge on any atom is 0.433 e. The second kappa shape index (κ2) is 5.63. The molecule has 4 nitrogen and oxygen atoms in total. The first-order valence-electron chi connectivity index (χ1n) is 6.43. The Bertz CT molecular complexity index is 429. The number of anilines is 2. The van der Waals surface area contributed by atoms with Crippen LogP contribution in [0.3, 0.4) is 0 Å². The lowest BCUT2D eigenvalue weighted by Crippen LogP contribution is -2.22. The van der Waals surface area contributed by atoms with E-state index in [0.717, 1.165) is 18.9 Å². The molecule has 1 aromatic rings. The van der Waals surface area contributed by atoms with E-state index in [1.54, 1.807) is 6.92 Å². The standard InChI is InChI=1S/C12H17F3N4/c1-2-16-11-18-9(12(13,14)15)6-10(19-11)17-7-8-4-3-5-8/h6,8H,2-5,7H2,1H3,(H2,16,17,18,19). The van der Waals surface area contributed by atoms with E-state index in [1.165, 1.54) is 6.42 Å². The molecule has 1 aliphatic carbocycles. The number of nitrogens with one attached hydrogen (secondary N) is 2. The quantitative estimate of drug-likeness (QED) is 0.866. The van der Waals surface area contributed by atoms with Crippen molar-refractivity contribution < 1.29 is 13.2 Å². The summed E-state index contributed by atoms with van der Waals surface area (Å²) in [5.41, 5.74) is -0.922. The molecule has 0 aliphatic heterocycles. The maximum absolute atomic E-state index is 12.7. The first-order chi connectivity index (χ1) is 8.99. The SMILES string of the molecule is CCNc1nc(NCC2CCC2)cc(C(F)(F)F)n1. The third-order valence-corrected chi connectivity index (χ3v) is 3.15. The van der Waals surface area contributed by atoms with Gasteiger partial charge in [0.1, 0.15) is 5.82 Å². The minimum absolute atomic E-state index is 0.00781. The van der Waals surface area contributed by atoms with Crippen LogP contribution in [0.1, 0.15) is 31.9 Å². The fraction of sp³-hybridized carbons (Fsp3) is 0.667. The van der Waals surface area contributed by atoms with Gasteiger partial charge < -0.3 is 10.6 Å². The molecule has 1 heterocycles. The van der Waals surface area contributed by atoms with Crippen LogP contribution in [-0.2, 0) is 6.18 Å². The first-order valence-corrected chi connectivity index (χ1v) is 6.43. The molecule has 1 saturated carbocycles. The number of aromatic nitrogens is 2. The molecule has 0 spiro atoms. The number of alkyl halides is 3.